The van der Waals surface area contributed by atoms with Crippen LogP contribution in [-0.4, -0.2) is 24.4 Å². The third-order valence-electron chi connectivity index (χ3n) is 6.07. The average Bonchev–Trinajstić information content (AvgIpc) is 2.75. The maximum absolute atomic E-state index is 12.9. The molecule has 33 heavy (non-hydrogen) atoms. The Labute approximate surface area is 191 Å². The Hall–Kier alpha value is -3.61. The number of benzene rings is 2. The molecule has 1 N–H and O–H groups in total. The highest BCUT2D eigenvalue weighted by atomic mass is 16.5. The van der Waals surface area contributed by atoms with Crippen molar-refractivity contribution in [1.29, 1.82) is 0 Å². The first-order valence-electron chi connectivity index (χ1n) is 10.9. The summed E-state index contributed by atoms with van der Waals surface area (Å²) in [5.41, 5.74) is 2.44. The molecule has 0 saturated carbocycles. The van der Waals surface area contributed by atoms with Crippen LogP contribution in [0, 0.1) is 6.92 Å². The fraction of sp³-hybridized carbons (Fsp3) is 0.346. The molecule has 2 aromatic carbocycles. The Kier molecular flexibility index (Phi) is 5.74. The summed E-state index contributed by atoms with van der Waals surface area (Å²) in [4.78, 5) is 37.0. The number of methoxy groups -OCH3 is 1. The second-order valence-corrected chi connectivity index (χ2v) is 8.97. The number of anilines is 1. The maximum atomic E-state index is 12.9. The van der Waals surface area contributed by atoms with Gasteiger partial charge in [0.1, 0.15) is 22.7 Å². The highest BCUT2D eigenvalue weighted by molar-refractivity contribution is 5.97. The number of ketones is 1. The predicted molar refractivity (Wildman–Crippen MR) is 126 cm³/mol. The van der Waals surface area contributed by atoms with Gasteiger partial charge >= 0.3 is 5.63 Å². The van der Waals surface area contributed by atoms with Crippen molar-refractivity contribution in [3.8, 4) is 11.5 Å². The van der Waals surface area contributed by atoms with Crippen LogP contribution in [-0.2, 0) is 17.6 Å². The van der Waals surface area contributed by atoms with E-state index in [1.807, 2.05) is 19.9 Å². The van der Waals surface area contributed by atoms with Gasteiger partial charge in [-0.1, -0.05) is 0 Å². The molecule has 4 rings (SSSR count). The van der Waals surface area contributed by atoms with Crippen molar-refractivity contribution in [3.05, 3.63) is 63.0 Å². The molecule has 0 aliphatic carbocycles. The molecule has 1 aromatic heterocycles. The van der Waals surface area contributed by atoms with Crippen LogP contribution in [0.2, 0.25) is 0 Å². The highest BCUT2D eigenvalue weighted by Crippen LogP contribution is 2.43. The van der Waals surface area contributed by atoms with Gasteiger partial charge in [0.25, 0.3) is 0 Å². The zero-order valence-electron chi connectivity index (χ0n) is 19.5. The standard InChI is InChI=1S/C26H27NO6/c1-14-19(12-22(29)27-17-8-6-16(7-9-17)15(2)28)25(30)32-24-18-10-11-26(3,4)33-20(18)13-21(31-5)23(14)24/h6-9,13H,10-12H2,1-5H3,(H,27,29). The SMILES string of the molecule is COc1cc2c(c3oc(=O)c(CC(=O)Nc4ccc(C(C)=O)cc4)c(C)c13)CCC(C)(C)O2. The first-order chi connectivity index (χ1) is 15.6. The van der Waals surface area contributed by atoms with Crippen molar-refractivity contribution < 1.29 is 23.5 Å². The molecule has 2 heterocycles. The molecular formula is C26H27NO6. The molecule has 0 atom stereocenters. The number of Topliss-reactive ketones (excluding diaryl/α,β-unsaturated/α-hetero) is 1. The third kappa shape index (κ3) is 4.35. The van der Waals surface area contributed by atoms with Crippen molar-refractivity contribution in [2.75, 3.05) is 12.4 Å². The van der Waals surface area contributed by atoms with Gasteiger partial charge in [-0.3, -0.25) is 9.59 Å². The summed E-state index contributed by atoms with van der Waals surface area (Å²) in [6.45, 7) is 7.31. The lowest BCUT2D eigenvalue weighted by Gasteiger charge is -2.33. The lowest BCUT2D eigenvalue weighted by Crippen LogP contribution is -2.32. The molecule has 0 fully saturated rings. The maximum Gasteiger partial charge on any atom is 0.340 e. The Balaban J connectivity index is 1.69. The molecule has 7 heteroatoms. The molecule has 7 nitrogen and oxygen atoms in total. The molecule has 0 bridgehead atoms. The van der Waals surface area contributed by atoms with Crippen LogP contribution in [0.15, 0.2) is 39.5 Å². The van der Waals surface area contributed by atoms with Gasteiger partial charge in [0.2, 0.25) is 5.91 Å². The second-order valence-electron chi connectivity index (χ2n) is 8.97. The van der Waals surface area contributed by atoms with E-state index in [4.69, 9.17) is 13.9 Å². The Morgan fingerprint density at radius 3 is 2.52 bits per heavy atom. The highest BCUT2D eigenvalue weighted by Gasteiger charge is 2.31. The quantitative estimate of drug-likeness (QED) is 0.452. The number of carbonyl (C=O) groups excluding carboxylic acids is 2. The molecule has 1 aliphatic heterocycles. The lowest BCUT2D eigenvalue weighted by molar-refractivity contribution is -0.115. The largest absolute Gasteiger partial charge is 0.496 e. The fourth-order valence-corrected chi connectivity index (χ4v) is 4.20. The van der Waals surface area contributed by atoms with E-state index >= 15 is 0 Å². The van der Waals surface area contributed by atoms with Crippen molar-refractivity contribution in [2.45, 2.75) is 52.6 Å². The van der Waals surface area contributed by atoms with Gasteiger partial charge < -0.3 is 19.2 Å². The number of carbonyl (C=O) groups is 2. The van der Waals surface area contributed by atoms with Gasteiger partial charge in [0.15, 0.2) is 5.78 Å². The van der Waals surface area contributed by atoms with Gasteiger partial charge in [-0.2, -0.15) is 0 Å². The number of ether oxygens (including phenoxy) is 2. The van der Waals surface area contributed by atoms with Crippen LogP contribution >= 0.6 is 0 Å². The minimum Gasteiger partial charge on any atom is -0.496 e. The lowest BCUT2D eigenvalue weighted by atomic mass is 9.91. The van der Waals surface area contributed by atoms with Crippen molar-refractivity contribution in [2.24, 2.45) is 0 Å². The normalized spacial score (nSPS) is 14.3. The van der Waals surface area contributed by atoms with Gasteiger partial charge in [0.05, 0.1) is 24.5 Å². The number of amides is 1. The zero-order chi connectivity index (χ0) is 23.9. The smallest absolute Gasteiger partial charge is 0.340 e. The van der Waals surface area contributed by atoms with E-state index in [0.717, 1.165) is 12.0 Å². The van der Waals surface area contributed by atoms with Gasteiger partial charge in [-0.25, -0.2) is 4.79 Å². The van der Waals surface area contributed by atoms with E-state index in [1.54, 1.807) is 38.3 Å². The van der Waals surface area contributed by atoms with Gasteiger partial charge in [-0.15, -0.1) is 0 Å². The first-order valence-corrected chi connectivity index (χ1v) is 10.9. The summed E-state index contributed by atoms with van der Waals surface area (Å²) in [6.07, 6.45) is 1.35. The summed E-state index contributed by atoms with van der Waals surface area (Å²) < 4.78 is 17.4. The van der Waals surface area contributed by atoms with E-state index in [-0.39, 0.29) is 29.3 Å². The molecule has 0 saturated heterocycles. The van der Waals surface area contributed by atoms with Crippen LogP contribution in [0.1, 0.15) is 54.2 Å². The third-order valence-corrected chi connectivity index (χ3v) is 6.07. The topological polar surface area (TPSA) is 94.8 Å². The van der Waals surface area contributed by atoms with E-state index in [9.17, 15) is 14.4 Å². The Morgan fingerprint density at radius 1 is 1.18 bits per heavy atom. The molecule has 0 unspecified atom stereocenters. The van der Waals surface area contributed by atoms with E-state index < -0.39 is 5.63 Å². The molecule has 1 amide bonds. The average molecular weight is 450 g/mol. The number of rotatable bonds is 5. The summed E-state index contributed by atoms with van der Waals surface area (Å²) in [7, 11) is 1.55. The fourth-order valence-electron chi connectivity index (χ4n) is 4.20. The minimum atomic E-state index is -0.553. The molecular weight excluding hydrogens is 422 g/mol. The molecule has 0 radical (unpaired) electrons. The van der Waals surface area contributed by atoms with Gasteiger partial charge in [0, 0.05) is 22.9 Å². The van der Waals surface area contributed by atoms with Crippen LogP contribution in [0.5, 0.6) is 11.5 Å². The molecule has 0 spiro atoms. The summed E-state index contributed by atoms with van der Waals surface area (Å²) in [5, 5.41) is 3.44. The van der Waals surface area contributed by atoms with E-state index in [1.165, 1.54) is 6.92 Å². The Morgan fingerprint density at radius 2 is 1.88 bits per heavy atom. The number of hydrogen-bond donors (Lipinski definition) is 1. The van der Waals surface area contributed by atoms with Crippen molar-refractivity contribution in [1.82, 2.24) is 0 Å². The summed E-state index contributed by atoms with van der Waals surface area (Å²) >= 11 is 0. The Bertz CT molecular complexity index is 1320. The second kappa shape index (κ2) is 8.39. The summed E-state index contributed by atoms with van der Waals surface area (Å²) in [5.74, 6) is 0.770. The monoisotopic (exact) mass is 449 g/mol. The van der Waals surface area contributed by atoms with Crippen LogP contribution < -0.4 is 20.4 Å². The van der Waals surface area contributed by atoms with Crippen molar-refractivity contribution in [3.63, 3.8) is 0 Å². The summed E-state index contributed by atoms with van der Waals surface area (Å²) in [6, 6.07) is 8.42. The van der Waals surface area contributed by atoms with Crippen LogP contribution in [0.4, 0.5) is 5.69 Å². The number of fused-ring (bicyclic) bond motifs is 3. The number of hydrogen-bond acceptors (Lipinski definition) is 6. The van der Waals surface area contributed by atoms with E-state index in [2.05, 4.69) is 5.32 Å². The predicted octanol–water partition coefficient (Wildman–Crippen LogP) is 4.60. The number of nitrogens with one attached hydrogen (secondary N) is 1. The molecule has 3 aromatic rings. The zero-order valence-corrected chi connectivity index (χ0v) is 19.5. The van der Waals surface area contributed by atoms with Gasteiger partial charge in [-0.05, 0) is 70.4 Å². The van der Waals surface area contributed by atoms with Crippen molar-refractivity contribution >= 4 is 28.3 Å². The van der Waals surface area contributed by atoms with Crippen LogP contribution in [0.3, 0.4) is 0 Å². The number of aryl methyl sites for hydroxylation is 2. The van der Waals surface area contributed by atoms with Crippen LogP contribution in [0.25, 0.3) is 11.0 Å². The minimum absolute atomic E-state index is 0.0534. The van der Waals surface area contributed by atoms with E-state index in [0.29, 0.717) is 45.7 Å². The molecule has 1 aliphatic rings. The first kappa shape index (κ1) is 22.6. The molecule has 172 valence electrons.